The Hall–Kier alpha value is -1.75. The van der Waals surface area contributed by atoms with Crippen LogP contribution in [0, 0.1) is 10.1 Å². The van der Waals surface area contributed by atoms with Crippen molar-refractivity contribution in [1.29, 1.82) is 0 Å². The smallest absolute Gasteiger partial charge is 0.282 e. The van der Waals surface area contributed by atoms with E-state index in [0.717, 1.165) is 5.69 Å². The summed E-state index contributed by atoms with van der Waals surface area (Å²) in [4.78, 5) is 12.4. The lowest BCUT2D eigenvalue weighted by molar-refractivity contribution is -0.384. The van der Waals surface area contributed by atoms with Crippen LogP contribution in [0.5, 0.6) is 0 Å². The number of hydrogen-bond acceptors (Lipinski definition) is 6. The number of benzene rings is 1. The van der Waals surface area contributed by atoms with Crippen LogP contribution >= 0.6 is 0 Å². The standard InChI is InChI=1S/C16H24N4O5S/c1-13-11-19(12-14(2)25-13)26(23,24)18-9-7-17(8-10-18)15-3-5-16(6-4-15)20(21)22/h3-6,13-14H,7-12H2,1-2H3/t13-,14-/m0/s1. The molecule has 0 saturated carbocycles. The Bertz CT molecular complexity index is 736. The highest BCUT2D eigenvalue weighted by atomic mass is 32.2. The van der Waals surface area contributed by atoms with Crippen LogP contribution in [0.4, 0.5) is 11.4 Å². The molecule has 0 radical (unpaired) electrons. The molecule has 0 spiro atoms. The fraction of sp³-hybridized carbons (Fsp3) is 0.625. The molecular formula is C16H24N4O5S. The van der Waals surface area contributed by atoms with Crippen LogP contribution in [0.25, 0.3) is 0 Å². The SMILES string of the molecule is C[C@H]1CN(S(=O)(=O)N2CCN(c3ccc([N+](=O)[O-])cc3)CC2)C[C@H](C)O1. The van der Waals surface area contributed by atoms with Gasteiger partial charge in [0.2, 0.25) is 0 Å². The van der Waals surface area contributed by atoms with Crippen molar-refractivity contribution in [3.8, 4) is 0 Å². The van der Waals surface area contributed by atoms with Crippen molar-refractivity contribution >= 4 is 21.6 Å². The first-order chi connectivity index (χ1) is 12.3. The molecule has 2 aliphatic heterocycles. The zero-order valence-electron chi connectivity index (χ0n) is 14.9. The van der Waals surface area contributed by atoms with Crippen molar-refractivity contribution in [2.45, 2.75) is 26.1 Å². The lowest BCUT2D eigenvalue weighted by Gasteiger charge is -2.40. The summed E-state index contributed by atoms with van der Waals surface area (Å²) in [7, 11) is -3.50. The maximum atomic E-state index is 12.9. The fourth-order valence-electron chi connectivity index (χ4n) is 3.44. The molecule has 0 unspecified atom stereocenters. The van der Waals surface area contributed by atoms with Gasteiger partial charge in [-0.2, -0.15) is 17.0 Å². The maximum Gasteiger partial charge on any atom is 0.282 e. The number of non-ortho nitro benzene ring substituents is 1. The van der Waals surface area contributed by atoms with E-state index in [1.807, 2.05) is 18.7 Å². The van der Waals surface area contributed by atoms with Crippen molar-refractivity contribution < 1.29 is 18.1 Å². The quantitative estimate of drug-likeness (QED) is 0.569. The predicted octanol–water partition coefficient (Wildman–Crippen LogP) is 1.07. The van der Waals surface area contributed by atoms with E-state index in [1.165, 1.54) is 20.7 Å². The largest absolute Gasteiger partial charge is 0.373 e. The Labute approximate surface area is 153 Å². The molecule has 0 amide bonds. The monoisotopic (exact) mass is 384 g/mol. The Morgan fingerprint density at radius 1 is 1.00 bits per heavy atom. The van der Waals surface area contributed by atoms with Gasteiger partial charge in [0, 0.05) is 57.1 Å². The van der Waals surface area contributed by atoms with E-state index in [-0.39, 0.29) is 17.9 Å². The van der Waals surface area contributed by atoms with Crippen molar-refractivity contribution in [3.05, 3.63) is 34.4 Å². The normalized spacial score (nSPS) is 26.0. The molecule has 0 aliphatic carbocycles. The Morgan fingerprint density at radius 2 is 1.54 bits per heavy atom. The molecule has 2 aliphatic rings. The van der Waals surface area contributed by atoms with Crippen molar-refractivity contribution in [2.24, 2.45) is 0 Å². The molecule has 1 aromatic carbocycles. The molecule has 2 heterocycles. The average Bonchev–Trinajstić information content (AvgIpc) is 2.61. The minimum atomic E-state index is -3.50. The number of ether oxygens (including phenoxy) is 1. The highest BCUT2D eigenvalue weighted by Crippen LogP contribution is 2.23. The van der Waals surface area contributed by atoms with Gasteiger partial charge in [-0.05, 0) is 26.0 Å². The first kappa shape index (κ1) is 19.0. The van der Waals surface area contributed by atoms with Gasteiger partial charge in [0.1, 0.15) is 0 Å². The summed E-state index contributed by atoms with van der Waals surface area (Å²) in [5, 5.41) is 10.7. The molecule has 2 fully saturated rings. The summed E-state index contributed by atoms with van der Waals surface area (Å²) in [6.07, 6.45) is -0.232. The van der Waals surface area contributed by atoms with Gasteiger partial charge in [-0.3, -0.25) is 10.1 Å². The molecular weight excluding hydrogens is 360 g/mol. The molecule has 0 N–H and O–H groups in total. The number of nitro groups is 1. The summed E-state index contributed by atoms with van der Waals surface area (Å²) >= 11 is 0. The van der Waals surface area contributed by atoms with Gasteiger partial charge in [0.15, 0.2) is 0 Å². The first-order valence-corrected chi connectivity index (χ1v) is 10.1. The van der Waals surface area contributed by atoms with Crippen LogP contribution in [-0.4, -0.2) is 73.4 Å². The molecule has 2 saturated heterocycles. The van der Waals surface area contributed by atoms with E-state index in [0.29, 0.717) is 39.3 Å². The molecule has 9 nitrogen and oxygen atoms in total. The van der Waals surface area contributed by atoms with Crippen LogP contribution in [0.3, 0.4) is 0 Å². The minimum absolute atomic E-state index is 0.0468. The van der Waals surface area contributed by atoms with E-state index in [4.69, 9.17) is 4.74 Å². The predicted molar refractivity (Wildman–Crippen MR) is 97.4 cm³/mol. The molecule has 3 rings (SSSR count). The van der Waals surface area contributed by atoms with Gasteiger partial charge in [-0.15, -0.1) is 0 Å². The Morgan fingerprint density at radius 3 is 2.04 bits per heavy atom. The zero-order chi connectivity index (χ0) is 18.9. The summed E-state index contributed by atoms with van der Waals surface area (Å²) in [6, 6.07) is 6.34. The second kappa shape index (κ2) is 7.47. The lowest BCUT2D eigenvalue weighted by atomic mass is 10.2. The van der Waals surface area contributed by atoms with Crippen LogP contribution in [0.1, 0.15) is 13.8 Å². The molecule has 26 heavy (non-hydrogen) atoms. The lowest BCUT2D eigenvalue weighted by Crippen LogP contribution is -2.57. The van der Waals surface area contributed by atoms with E-state index in [1.54, 1.807) is 12.1 Å². The molecule has 10 heteroatoms. The molecule has 0 aromatic heterocycles. The number of morpholine rings is 1. The van der Waals surface area contributed by atoms with Gasteiger partial charge in [0.25, 0.3) is 15.9 Å². The van der Waals surface area contributed by atoms with Crippen LogP contribution < -0.4 is 4.90 Å². The summed E-state index contributed by atoms with van der Waals surface area (Å²) < 4.78 is 34.4. The second-order valence-corrected chi connectivity index (χ2v) is 8.67. The van der Waals surface area contributed by atoms with E-state index in [2.05, 4.69) is 0 Å². The molecule has 144 valence electrons. The highest BCUT2D eigenvalue weighted by molar-refractivity contribution is 7.86. The summed E-state index contributed by atoms with van der Waals surface area (Å²) in [5.74, 6) is 0. The molecule has 1 aromatic rings. The number of anilines is 1. The third-order valence-corrected chi connectivity index (χ3v) is 6.67. The second-order valence-electron chi connectivity index (χ2n) is 6.74. The average molecular weight is 384 g/mol. The number of hydrogen-bond donors (Lipinski definition) is 0. The summed E-state index contributed by atoms with van der Waals surface area (Å²) in [5.41, 5.74) is 0.909. The van der Waals surface area contributed by atoms with E-state index >= 15 is 0 Å². The zero-order valence-corrected chi connectivity index (χ0v) is 15.8. The van der Waals surface area contributed by atoms with Gasteiger partial charge >= 0.3 is 0 Å². The van der Waals surface area contributed by atoms with Crippen LogP contribution in [0.15, 0.2) is 24.3 Å². The van der Waals surface area contributed by atoms with Gasteiger partial charge in [-0.25, -0.2) is 0 Å². The highest BCUT2D eigenvalue weighted by Gasteiger charge is 2.36. The van der Waals surface area contributed by atoms with Gasteiger partial charge < -0.3 is 9.64 Å². The van der Waals surface area contributed by atoms with E-state index in [9.17, 15) is 18.5 Å². The van der Waals surface area contributed by atoms with Crippen LogP contribution in [0.2, 0.25) is 0 Å². The maximum absolute atomic E-state index is 12.9. The first-order valence-electron chi connectivity index (χ1n) is 8.67. The van der Waals surface area contributed by atoms with Crippen LogP contribution in [-0.2, 0) is 14.9 Å². The topological polar surface area (TPSA) is 96.2 Å². The number of nitro benzene ring substituents is 1. The Kier molecular flexibility index (Phi) is 5.47. The van der Waals surface area contributed by atoms with Crippen molar-refractivity contribution in [1.82, 2.24) is 8.61 Å². The Balaban J connectivity index is 1.63. The van der Waals surface area contributed by atoms with E-state index < -0.39 is 15.1 Å². The summed E-state index contributed by atoms with van der Waals surface area (Å²) in [6.45, 7) is 6.37. The van der Waals surface area contributed by atoms with Gasteiger partial charge in [0.05, 0.1) is 17.1 Å². The van der Waals surface area contributed by atoms with Crippen molar-refractivity contribution in [3.63, 3.8) is 0 Å². The molecule has 2 atom stereocenters. The third-order valence-electron chi connectivity index (χ3n) is 4.70. The number of nitrogens with zero attached hydrogens (tertiary/aromatic N) is 4. The van der Waals surface area contributed by atoms with Crippen molar-refractivity contribution in [2.75, 3.05) is 44.2 Å². The molecule has 0 bridgehead atoms. The van der Waals surface area contributed by atoms with Gasteiger partial charge in [-0.1, -0.05) is 0 Å². The third kappa shape index (κ3) is 3.98. The number of rotatable bonds is 4. The fourth-order valence-corrected chi connectivity index (χ4v) is 5.19. The number of piperazine rings is 1. The minimum Gasteiger partial charge on any atom is -0.373 e.